The van der Waals surface area contributed by atoms with Gasteiger partial charge in [0, 0.05) is 24.2 Å². The number of aryl methyl sites for hydroxylation is 1. The van der Waals surface area contributed by atoms with Gasteiger partial charge in [-0.05, 0) is 36.8 Å². The maximum Gasteiger partial charge on any atom is 0.349 e. The normalized spacial score (nSPS) is 13.5. The van der Waals surface area contributed by atoms with Crippen LogP contribution >= 0.6 is 0 Å². The summed E-state index contributed by atoms with van der Waals surface area (Å²) in [6.07, 6.45) is 0. The summed E-state index contributed by atoms with van der Waals surface area (Å²) in [6, 6.07) is 11.8. The van der Waals surface area contributed by atoms with E-state index in [1.165, 1.54) is 0 Å². The second kappa shape index (κ2) is 5.59. The van der Waals surface area contributed by atoms with Crippen LogP contribution in [0.5, 0.6) is 0 Å². The van der Waals surface area contributed by atoms with E-state index in [0.717, 1.165) is 0 Å². The van der Waals surface area contributed by atoms with E-state index in [2.05, 4.69) is 15.0 Å². The Hall–Kier alpha value is -2.87. The van der Waals surface area contributed by atoms with E-state index < -0.39 is 10.0 Å². The van der Waals surface area contributed by atoms with Crippen LogP contribution in [0, 0.1) is 6.92 Å². The molecule has 0 atom stereocenters. The van der Waals surface area contributed by atoms with Gasteiger partial charge in [-0.3, -0.25) is 9.29 Å². The number of fused-ring (bicyclic) bond motifs is 3. The summed E-state index contributed by atoms with van der Waals surface area (Å²) in [5.41, 5.74) is 1.32. The van der Waals surface area contributed by atoms with Crippen LogP contribution in [-0.2, 0) is 16.6 Å². The van der Waals surface area contributed by atoms with Crippen LogP contribution in [-0.4, -0.2) is 24.5 Å². The summed E-state index contributed by atoms with van der Waals surface area (Å²) in [5, 5.41) is 3.87. The van der Waals surface area contributed by atoms with Crippen LogP contribution in [0.15, 0.2) is 52.2 Å². The molecular weight excluding hydrogens is 340 g/mol. The Bertz CT molecular complexity index is 1150. The Kier molecular flexibility index (Phi) is 3.50. The van der Waals surface area contributed by atoms with Gasteiger partial charge < -0.3 is 5.32 Å². The van der Waals surface area contributed by atoms with Crippen LogP contribution in [0.25, 0.3) is 10.9 Å². The second-order valence-electron chi connectivity index (χ2n) is 5.92. The van der Waals surface area contributed by atoms with E-state index in [0.29, 0.717) is 41.1 Å². The number of hydrogen-bond acceptors (Lipinski definition) is 5. The molecule has 0 spiro atoms. The molecule has 25 heavy (non-hydrogen) atoms. The lowest BCUT2D eigenvalue weighted by Crippen LogP contribution is -2.21. The molecule has 7 nitrogen and oxygen atoms in total. The summed E-state index contributed by atoms with van der Waals surface area (Å²) < 4.78 is 29.5. The van der Waals surface area contributed by atoms with Crippen LogP contribution in [0.2, 0.25) is 0 Å². The Balaban J connectivity index is 1.80. The molecule has 0 fully saturated rings. The van der Waals surface area contributed by atoms with Crippen molar-refractivity contribution in [2.75, 3.05) is 16.6 Å². The lowest BCUT2D eigenvalue weighted by atomic mass is 10.2. The van der Waals surface area contributed by atoms with Crippen molar-refractivity contribution in [3.63, 3.8) is 0 Å². The van der Waals surface area contributed by atoms with Crippen molar-refractivity contribution in [3.8, 4) is 0 Å². The number of nitrogens with one attached hydrogen (secondary N) is 2. The summed E-state index contributed by atoms with van der Waals surface area (Å²) in [4.78, 5) is 16.2. The van der Waals surface area contributed by atoms with Gasteiger partial charge in [0.15, 0.2) is 0 Å². The van der Waals surface area contributed by atoms with Gasteiger partial charge in [-0.1, -0.05) is 18.2 Å². The maximum atomic E-state index is 12.6. The van der Waals surface area contributed by atoms with Crippen molar-refractivity contribution in [2.45, 2.75) is 18.4 Å². The first kappa shape index (κ1) is 15.6. The van der Waals surface area contributed by atoms with Gasteiger partial charge in [0.1, 0.15) is 5.82 Å². The third-order valence-corrected chi connectivity index (χ3v) is 5.77. The molecule has 4 rings (SSSR count). The summed E-state index contributed by atoms with van der Waals surface area (Å²) in [5.74, 6) is 0.673. The van der Waals surface area contributed by atoms with Crippen LogP contribution in [0.4, 0.5) is 11.5 Å². The standard InChI is InChI=1S/C17H16N4O3S/c1-11-4-2-3-5-15(11)25(23,24)20-12-6-7-14-13(10-12)16-18-8-9-21(16)17(22)19-14/h2-7,10,18,20H,8-9H2,1H3. The minimum Gasteiger partial charge on any atom is -0.369 e. The predicted molar refractivity (Wildman–Crippen MR) is 96.5 cm³/mol. The molecule has 0 radical (unpaired) electrons. The fourth-order valence-electron chi connectivity index (χ4n) is 3.04. The lowest BCUT2D eigenvalue weighted by Gasteiger charge is -2.12. The molecule has 0 aliphatic carbocycles. The van der Waals surface area contributed by atoms with E-state index >= 15 is 0 Å². The number of rotatable bonds is 3. The van der Waals surface area contributed by atoms with E-state index in [1.54, 1.807) is 54.0 Å². The van der Waals surface area contributed by atoms with Crippen LogP contribution < -0.4 is 15.7 Å². The molecule has 3 aromatic rings. The second-order valence-corrected chi connectivity index (χ2v) is 7.58. The van der Waals surface area contributed by atoms with Gasteiger partial charge in [0.2, 0.25) is 0 Å². The number of nitrogens with zero attached hydrogens (tertiary/aromatic N) is 2. The summed E-state index contributed by atoms with van der Waals surface area (Å²) in [6.45, 7) is 2.95. The predicted octanol–water partition coefficient (Wildman–Crippen LogP) is 1.93. The van der Waals surface area contributed by atoms with E-state index in [9.17, 15) is 13.2 Å². The monoisotopic (exact) mass is 356 g/mol. The van der Waals surface area contributed by atoms with E-state index in [1.807, 2.05) is 0 Å². The average molecular weight is 356 g/mol. The Morgan fingerprint density at radius 1 is 1.20 bits per heavy atom. The third kappa shape index (κ3) is 2.64. The molecule has 0 unspecified atom stereocenters. The average Bonchev–Trinajstić information content (AvgIpc) is 3.06. The molecule has 2 aromatic carbocycles. The summed E-state index contributed by atoms with van der Waals surface area (Å²) in [7, 11) is -3.69. The molecule has 128 valence electrons. The Morgan fingerprint density at radius 2 is 2.00 bits per heavy atom. The van der Waals surface area contributed by atoms with Gasteiger partial charge in [-0.2, -0.15) is 4.98 Å². The van der Waals surface area contributed by atoms with Crippen LogP contribution in [0.1, 0.15) is 5.56 Å². The van der Waals surface area contributed by atoms with Crippen molar-refractivity contribution in [1.82, 2.24) is 9.55 Å². The van der Waals surface area contributed by atoms with Gasteiger partial charge in [-0.15, -0.1) is 0 Å². The molecule has 0 bridgehead atoms. The SMILES string of the molecule is Cc1ccccc1S(=O)(=O)Nc1ccc2nc(=O)n3c(c2c1)NCC3. The molecule has 8 heteroatoms. The zero-order valence-electron chi connectivity index (χ0n) is 13.5. The maximum absolute atomic E-state index is 12.6. The highest BCUT2D eigenvalue weighted by Gasteiger charge is 2.19. The Morgan fingerprint density at radius 3 is 2.80 bits per heavy atom. The van der Waals surface area contributed by atoms with Crippen LogP contribution in [0.3, 0.4) is 0 Å². The topological polar surface area (TPSA) is 93.1 Å². The molecule has 1 aliphatic rings. The summed E-state index contributed by atoms with van der Waals surface area (Å²) >= 11 is 0. The third-order valence-electron chi connectivity index (χ3n) is 4.23. The fourth-order valence-corrected chi connectivity index (χ4v) is 4.34. The van der Waals surface area contributed by atoms with Crippen molar-refractivity contribution in [1.29, 1.82) is 0 Å². The number of aromatic nitrogens is 2. The highest BCUT2D eigenvalue weighted by atomic mass is 32.2. The van der Waals surface area contributed by atoms with Crippen molar-refractivity contribution >= 4 is 32.4 Å². The van der Waals surface area contributed by atoms with Crippen molar-refractivity contribution in [2.24, 2.45) is 0 Å². The molecule has 1 aliphatic heterocycles. The van der Waals surface area contributed by atoms with E-state index in [-0.39, 0.29) is 10.6 Å². The highest BCUT2D eigenvalue weighted by Crippen LogP contribution is 2.27. The molecular formula is C17H16N4O3S. The van der Waals surface area contributed by atoms with E-state index in [4.69, 9.17) is 0 Å². The fraction of sp³-hybridized carbons (Fsp3) is 0.176. The zero-order chi connectivity index (χ0) is 17.6. The first-order valence-corrected chi connectivity index (χ1v) is 9.31. The number of hydrogen-bond donors (Lipinski definition) is 2. The zero-order valence-corrected chi connectivity index (χ0v) is 14.3. The van der Waals surface area contributed by atoms with Crippen molar-refractivity contribution < 1.29 is 8.42 Å². The van der Waals surface area contributed by atoms with Gasteiger partial charge in [0.25, 0.3) is 10.0 Å². The first-order chi connectivity index (χ1) is 12.0. The van der Waals surface area contributed by atoms with Gasteiger partial charge in [-0.25, -0.2) is 13.2 Å². The molecule has 0 amide bonds. The quantitative estimate of drug-likeness (QED) is 0.748. The molecule has 2 N–H and O–H groups in total. The van der Waals surface area contributed by atoms with Gasteiger partial charge in [0.05, 0.1) is 10.4 Å². The lowest BCUT2D eigenvalue weighted by molar-refractivity contribution is 0.600. The minimum absolute atomic E-state index is 0.237. The Labute approximate surface area is 144 Å². The number of sulfonamides is 1. The highest BCUT2D eigenvalue weighted by molar-refractivity contribution is 7.92. The molecule has 1 aromatic heterocycles. The first-order valence-electron chi connectivity index (χ1n) is 7.83. The van der Waals surface area contributed by atoms with Gasteiger partial charge >= 0.3 is 5.69 Å². The molecule has 2 heterocycles. The molecule has 0 saturated heterocycles. The minimum atomic E-state index is -3.69. The smallest absolute Gasteiger partial charge is 0.349 e. The van der Waals surface area contributed by atoms with Crippen molar-refractivity contribution in [3.05, 3.63) is 58.5 Å². The molecule has 0 saturated carbocycles. The number of benzene rings is 2. The number of anilines is 2. The largest absolute Gasteiger partial charge is 0.369 e.